The molecule has 0 saturated heterocycles. The van der Waals surface area contributed by atoms with Crippen LogP contribution in [0.3, 0.4) is 0 Å². The molecule has 2 rings (SSSR count). The zero-order valence-electron chi connectivity index (χ0n) is 11.9. The Hall–Kier alpha value is -1.84. The van der Waals surface area contributed by atoms with Gasteiger partial charge in [-0.25, -0.2) is 0 Å². The zero-order valence-corrected chi connectivity index (χ0v) is 11.9. The highest BCUT2D eigenvalue weighted by Gasteiger charge is 2.28. The molecule has 0 radical (unpaired) electrons. The highest BCUT2D eigenvalue weighted by Crippen LogP contribution is 2.28. The molecule has 0 aromatic heterocycles. The summed E-state index contributed by atoms with van der Waals surface area (Å²) in [4.78, 5) is 23.2. The number of aryl methyl sites for hydroxylation is 1. The highest BCUT2D eigenvalue weighted by atomic mass is 16.2. The molecular weight excluding hydrogens is 252 g/mol. The minimum atomic E-state index is -0.000996. The Morgan fingerprint density at radius 3 is 2.80 bits per heavy atom. The zero-order chi connectivity index (χ0) is 14.4. The summed E-state index contributed by atoms with van der Waals surface area (Å²) in [5.41, 5.74) is 2.05. The Morgan fingerprint density at radius 1 is 1.30 bits per heavy atom. The molecule has 0 aliphatic heterocycles. The molecule has 1 aromatic carbocycles. The van der Waals surface area contributed by atoms with Gasteiger partial charge in [-0.05, 0) is 43.4 Å². The Morgan fingerprint density at radius 2 is 2.10 bits per heavy atom. The molecule has 4 heteroatoms. The Kier molecular flexibility index (Phi) is 5.16. The lowest BCUT2D eigenvalue weighted by atomic mass is 10.1. The number of carbonyl (C=O) groups is 2. The van der Waals surface area contributed by atoms with Gasteiger partial charge >= 0.3 is 0 Å². The molecule has 2 amide bonds. The second-order valence-corrected chi connectivity index (χ2v) is 5.27. The van der Waals surface area contributed by atoms with E-state index in [0.29, 0.717) is 19.4 Å². The average Bonchev–Trinajstić information content (AvgIpc) is 3.28. The Balaban J connectivity index is 1.65. The van der Waals surface area contributed by atoms with Gasteiger partial charge in [-0.15, -0.1) is 0 Å². The smallest absolute Gasteiger partial charge is 0.224 e. The maximum absolute atomic E-state index is 11.8. The van der Waals surface area contributed by atoms with E-state index in [1.165, 1.54) is 5.56 Å². The number of hydrogen-bond acceptors (Lipinski definition) is 2. The van der Waals surface area contributed by atoms with Gasteiger partial charge in [0.1, 0.15) is 0 Å². The maximum Gasteiger partial charge on any atom is 0.224 e. The van der Waals surface area contributed by atoms with Crippen LogP contribution in [0.5, 0.6) is 0 Å². The van der Waals surface area contributed by atoms with Crippen molar-refractivity contribution in [3.8, 4) is 0 Å². The number of amides is 2. The molecule has 1 aliphatic carbocycles. The number of nitrogens with one attached hydrogen (secondary N) is 2. The fourth-order valence-electron chi connectivity index (χ4n) is 2.04. The number of benzene rings is 1. The normalized spacial score (nSPS) is 13.8. The van der Waals surface area contributed by atoms with Gasteiger partial charge in [0.15, 0.2) is 0 Å². The lowest BCUT2D eigenvalue weighted by Gasteiger charge is -2.07. The monoisotopic (exact) mass is 274 g/mol. The van der Waals surface area contributed by atoms with Crippen LogP contribution in [0.25, 0.3) is 0 Å². The number of hydrogen-bond donors (Lipinski definition) is 2. The molecule has 0 spiro atoms. The van der Waals surface area contributed by atoms with Crippen molar-refractivity contribution < 1.29 is 9.59 Å². The fraction of sp³-hybridized carbons (Fsp3) is 0.500. The lowest BCUT2D eigenvalue weighted by molar-refractivity contribution is -0.122. The SMILES string of the molecule is CCc1cccc(NC(=O)CCCNC(=O)C2CC2)c1. The van der Waals surface area contributed by atoms with Gasteiger partial charge in [-0.2, -0.15) is 0 Å². The van der Waals surface area contributed by atoms with Crippen LogP contribution in [0.2, 0.25) is 0 Å². The van der Waals surface area contributed by atoms with Gasteiger partial charge in [0.25, 0.3) is 0 Å². The van der Waals surface area contributed by atoms with Gasteiger partial charge in [0.05, 0.1) is 0 Å². The summed E-state index contributed by atoms with van der Waals surface area (Å²) < 4.78 is 0. The van der Waals surface area contributed by atoms with Gasteiger partial charge in [-0.3, -0.25) is 9.59 Å². The molecule has 0 atom stereocenters. The van der Waals surface area contributed by atoms with Gasteiger partial charge in [0.2, 0.25) is 11.8 Å². The maximum atomic E-state index is 11.8. The third-order valence-electron chi connectivity index (χ3n) is 3.45. The lowest BCUT2D eigenvalue weighted by Crippen LogP contribution is -2.26. The summed E-state index contributed by atoms with van der Waals surface area (Å²) in [5, 5.41) is 5.75. The molecule has 0 bridgehead atoms. The van der Waals surface area contributed by atoms with Crippen molar-refractivity contribution in [1.82, 2.24) is 5.32 Å². The molecule has 2 N–H and O–H groups in total. The molecule has 108 valence electrons. The van der Waals surface area contributed by atoms with E-state index in [1.54, 1.807) is 0 Å². The third kappa shape index (κ3) is 4.68. The summed E-state index contributed by atoms with van der Waals surface area (Å²) in [7, 11) is 0. The quantitative estimate of drug-likeness (QED) is 0.750. The van der Waals surface area contributed by atoms with Crippen LogP contribution in [0, 0.1) is 5.92 Å². The summed E-state index contributed by atoms with van der Waals surface area (Å²) in [6.45, 7) is 2.67. The van der Waals surface area contributed by atoms with E-state index >= 15 is 0 Å². The predicted molar refractivity (Wildman–Crippen MR) is 79.4 cm³/mol. The fourth-order valence-corrected chi connectivity index (χ4v) is 2.04. The van der Waals surface area contributed by atoms with E-state index in [1.807, 2.05) is 24.3 Å². The number of rotatable bonds is 7. The van der Waals surface area contributed by atoms with Gasteiger partial charge < -0.3 is 10.6 Å². The van der Waals surface area contributed by atoms with Gasteiger partial charge in [0, 0.05) is 24.6 Å². The molecule has 1 saturated carbocycles. The first-order valence-electron chi connectivity index (χ1n) is 7.35. The molecule has 1 aromatic rings. The first-order valence-corrected chi connectivity index (χ1v) is 7.35. The molecule has 4 nitrogen and oxygen atoms in total. The highest BCUT2D eigenvalue weighted by molar-refractivity contribution is 5.90. The van der Waals surface area contributed by atoms with Crippen LogP contribution in [0.4, 0.5) is 5.69 Å². The molecule has 20 heavy (non-hydrogen) atoms. The summed E-state index contributed by atoms with van der Waals surface area (Å²) in [5.74, 6) is 0.376. The first kappa shape index (κ1) is 14.6. The van der Waals surface area contributed by atoms with Crippen LogP contribution in [0.15, 0.2) is 24.3 Å². The van der Waals surface area contributed by atoms with Gasteiger partial charge in [-0.1, -0.05) is 19.1 Å². The molecule has 1 aliphatic rings. The van der Waals surface area contributed by atoms with E-state index in [9.17, 15) is 9.59 Å². The van der Waals surface area contributed by atoms with Crippen molar-refractivity contribution in [1.29, 1.82) is 0 Å². The third-order valence-corrected chi connectivity index (χ3v) is 3.45. The Bertz CT molecular complexity index is 481. The van der Waals surface area contributed by atoms with E-state index in [4.69, 9.17) is 0 Å². The van der Waals surface area contributed by atoms with Crippen molar-refractivity contribution >= 4 is 17.5 Å². The van der Waals surface area contributed by atoms with Crippen molar-refractivity contribution in [2.75, 3.05) is 11.9 Å². The van der Waals surface area contributed by atoms with Crippen LogP contribution in [-0.4, -0.2) is 18.4 Å². The van der Waals surface area contributed by atoms with Crippen LogP contribution in [-0.2, 0) is 16.0 Å². The van der Waals surface area contributed by atoms with Crippen molar-refractivity contribution in [3.63, 3.8) is 0 Å². The summed E-state index contributed by atoms with van der Waals surface area (Å²) in [6, 6.07) is 7.88. The minimum absolute atomic E-state index is 0.000996. The molecule has 1 fully saturated rings. The topological polar surface area (TPSA) is 58.2 Å². The van der Waals surface area contributed by atoms with Crippen molar-refractivity contribution in [3.05, 3.63) is 29.8 Å². The molecule has 0 unspecified atom stereocenters. The number of carbonyl (C=O) groups excluding carboxylic acids is 2. The Labute approximate surface area is 119 Å². The largest absolute Gasteiger partial charge is 0.356 e. The van der Waals surface area contributed by atoms with E-state index in [0.717, 1.165) is 24.9 Å². The van der Waals surface area contributed by atoms with Crippen LogP contribution < -0.4 is 10.6 Å². The predicted octanol–water partition coefficient (Wildman–Crippen LogP) is 2.49. The van der Waals surface area contributed by atoms with Crippen molar-refractivity contribution in [2.24, 2.45) is 5.92 Å². The van der Waals surface area contributed by atoms with E-state index in [-0.39, 0.29) is 17.7 Å². The standard InChI is InChI=1S/C16H22N2O2/c1-2-12-5-3-6-14(11-12)18-15(19)7-4-10-17-16(20)13-8-9-13/h3,5-6,11,13H,2,4,7-10H2,1H3,(H,17,20)(H,18,19). The van der Waals surface area contributed by atoms with E-state index in [2.05, 4.69) is 17.6 Å². The summed E-state index contributed by atoms with van der Waals surface area (Å²) in [6.07, 6.45) is 4.09. The first-order chi connectivity index (χ1) is 9.69. The van der Waals surface area contributed by atoms with Crippen molar-refractivity contribution in [2.45, 2.75) is 39.0 Å². The molecule has 0 heterocycles. The van der Waals surface area contributed by atoms with E-state index < -0.39 is 0 Å². The summed E-state index contributed by atoms with van der Waals surface area (Å²) >= 11 is 0. The molecular formula is C16H22N2O2. The second-order valence-electron chi connectivity index (χ2n) is 5.27. The van der Waals surface area contributed by atoms with Crippen LogP contribution in [0.1, 0.15) is 38.2 Å². The average molecular weight is 274 g/mol. The second kappa shape index (κ2) is 7.08. The minimum Gasteiger partial charge on any atom is -0.356 e. The number of anilines is 1. The van der Waals surface area contributed by atoms with Crippen LogP contribution >= 0.6 is 0 Å².